The molecule has 118 valence electrons. The summed E-state index contributed by atoms with van der Waals surface area (Å²) < 4.78 is 5.71. The van der Waals surface area contributed by atoms with Crippen LogP contribution in [0.15, 0.2) is 59.0 Å². The lowest BCUT2D eigenvalue weighted by Crippen LogP contribution is -1.78. The Morgan fingerprint density at radius 1 is 0.875 bits per heavy atom. The second-order valence-corrected chi connectivity index (χ2v) is 5.91. The zero-order chi connectivity index (χ0) is 16.5. The zero-order valence-electron chi connectivity index (χ0n) is 12.2. The number of H-pyrrole nitrogens is 1. The van der Waals surface area contributed by atoms with E-state index in [4.69, 9.17) is 27.6 Å². The average Bonchev–Trinajstić information content (AvgIpc) is 3.25. The highest BCUT2D eigenvalue weighted by molar-refractivity contribution is 6.33. The summed E-state index contributed by atoms with van der Waals surface area (Å²) in [5, 5.41) is 16.5. The molecule has 5 nitrogen and oxygen atoms in total. The molecule has 0 radical (unpaired) electrons. The van der Waals surface area contributed by atoms with Crippen LogP contribution < -0.4 is 0 Å². The first-order chi connectivity index (χ1) is 11.7. The molecule has 0 aliphatic carbocycles. The minimum atomic E-state index is 0.345. The Morgan fingerprint density at radius 2 is 1.62 bits per heavy atom. The standard InChI is InChI=1S/C17H10Cl2N4O/c18-11-7-5-10(6-8-11)14-9-15(21-20-14)17-23-22-16(24-17)12-3-1-2-4-13(12)19/h1-9H,(H,20,21). The topological polar surface area (TPSA) is 67.6 Å². The van der Waals surface area contributed by atoms with Crippen molar-refractivity contribution in [2.24, 2.45) is 0 Å². The molecule has 1 N–H and O–H groups in total. The number of aromatic nitrogens is 4. The number of halogens is 2. The van der Waals surface area contributed by atoms with Crippen LogP contribution in [-0.4, -0.2) is 20.4 Å². The van der Waals surface area contributed by atoms with Crippen LogP contribution in [0.2, 0.25) is 10.0 Å². The molecule has 2 aromatic carbocycles. The van der Waals surface area contributed by atoms with Gasteiger partial charge < -0.3 is 4.42 Å². The van der Waals surface area contributed by atoms with Gasteiger partial charge in [0, 0.05) is 10.6 Å². The van der Waals surface area contributed by atoms with E-state index in [9.17, 15) is 0 Å². The number of nitrogens with one attached hydrogen (secondary N) is 1. The van der Waals surface area contributed by atoms with Gasteiger partial charge in [0.2, 0.25) is 5.89 Å². The molecule has 0 amide bonds. The Labute approximate surface area is 147 Å². The van der Waals surface area contributed by atoms with Crippen LogP contribution in [0.3, 0.4) is 0 Å². The molecule has 0 bridgehead atoms. The highest BCUT2D eigenvalue weighted by Crippen LogP contribution is 2.29. The number of aromatic amines is 1. The molecule has 4 rings (SSSR count). The molecule has 0 spiro atoms. The van der Waals surface area contributed by atoms with Crippen molar-refractivity contribution in [1.29, 1.82) is 0 Å². The Bertz CT molecular complexity index is 992. The monoisotopic (exact) mass is 356 g/mol. The van der Waals surface area contributed by atoms with E-state index in [1.807, 2.05) is 48.5 Å². The van der Waals surface area contributed by atoms with Gasteiger partial charge in [-0.2, -0.15) is 5.10 Å². The SMILES string of the molecule is Clc1ccc(-c2cc(-c3nnc(-c4ccccc4Cl)o3)[nH]n2)cc1. The van der Waals surface area contributed by atoms with Crippen molar-refractivity contribution in [3.8, 4) is 34.3 Å². The zero-order valence-corrected chi connectivity index (χ0v) is 13.7. The van der Waals surface area contributed by atoms with E-state index in [1.165, 1.54) is 0 Å². The number of nitrogens with zero attached hydrogens (tertiary/aromatic N) is 3. The highest BCUT2D eigenvalue weighted by atomic mass is 35.5. The van der Waals surface area contributed by atoms with E-state index in [0.717, 1.165) is 11.3 Å². The molecule has 0 aliphatic heterocycles. The molecular formula is C17H10Cl2N4O. The van der Waals surface area contributed by atoms with Crippen molar-refractivity contribution >= 4 is 23.2 Å². The van der Waals surface area contributed by atoms with Crippen molar-refractivity contribution in [3.05, 3.63) is 64.6 Å². The van der Waals surface area contributed by atoms with Crippen LogP contribution in [0.1, 0.15) is 0 Å². The van der Waals surface area contributed by atoms with Gasteiger partial charge in [0.25, 0.3) is 5.89 Å². The fraction of sp³-hybridized carbons (Fsp3) is 0. The Hall–Kier alpha value is -2.63. The molecule has 0 unspecified atom stereocenters. The molecule has 2 heterocycles. The van der Waals surface area contributed by atoms with Gasteiger partial charge in [0.1, 0.15) is 5.69 Å². The molecule has 4 aromatic rings. The van der Waals surface area contributed by atoms with Gasteiger partial charge in [0.15, 0.2) is 0 Å². The van der Waals surface area contributed by atoms with Gasteiger partial charge >= 0.3 is 0 Å². The van der Waals surface area contributed by atoms with Crippen molar-refractivity contribution in [2.75, 3.05) is 0 Å². The second kappa shape index (κ2) is 6.11. The summed E-state index contributed by atoms with van der Waals surface area (Å²) in [6.45, 7) is 0. The van der Waals surface area contributed by atoms with E-state index < -0.39 is 0 Å². The maximum Gasteiger partial charge on any atom is 0.266 e. The fourth-order valence-electron chi connectivity index (χ4n) is 2.28. The molecule has 7 heteroatoms. The summed E-state index contributed by atoms with van der Waals surface area (Å²) in [5.41, 5.74) is 3.02. The Balaban J connectivity index is 1.66. The van der Waals surface area contributed by atoms with E-state index in [1.54, 1.807) is 6.07 Å². The molecule has 24 heavy (non-hydrogen) atoms. The first-order valence-electron chi connectivity index (χ1n) is 7.11. The lowest BCUT2D eigenvalue weighted by Gasteiger charge is -1.96. The number of hydrogen-bond donors (Lipinski definition) is 1. The third kappa shape index (κ3) is 2.79. The molecule has 0 aliphatic rings. The first-order valence-corrected chi connectivity index (χ1v) is 7.86. The lowest BCUT2D eigenvalue weighted by atomic mass is 10.1. The summed E-state index contributed by atoms with van der Waals surface area (Å²) in [5.74, 6) is 0.705. The largest absolute Gasteiger partial charge is 0.415 e. The number of hydrogen-bond acceptors (Lipinski definition) is 4. The average molecular weight is 357 g/mol. The quantitative estimate of drug-likeness (QED) is 0.554. The minimum absolute atomic E-state index is 0.345. The van der Waals surface area contributed by atoms with Gasteiger partial charge in [-0.3, -0.25) is 5.10 Å². The summed E-state index contributed by atoms with van der Waals surface area (Å²) >= 11 is 12.1. The van der Waals surface area contributed by atoms with Gasteiger partial charge in [-0.1, -0.05) is 47.5 Å². The van der Waals surface area contributed by atoms with Gasteiger partial charge in [-0.05, 0) is 30.3 Å². The third-order valence-electron chi connectivity index (χ3n) is 3.48. The van der Waals surface area contributed by atoms with Crippen molar-refractivity contribution in [1.82, 2.24) is 20.4 Å². The predicted molar refractivity (Wildman–Crippen MR) is 92.8 cm³/mol. The highest BCUT2D eigenvalue weighted by Gasteiger charge is 2.15. The Morgan fingerprint density at radius 3 is 2.42 bits per heavy atom. The van der Waals surface area contributed by atoms with Crippen LogP contribution in [-0.2, 0) is 0 Å². The molecule has 0 atom stereocenters. The predicted octanol–water partition coefficient (Wildman–Crippen LogP) is 5.10. The third-order valence-corrected chi connectivity index (χ3v) is 4.06. The lowest BCUT2D eigenvalue weighted by molar-refractivity contribution is 0.582. The van der Waals surface area contributed by atoms with E-state index >= 15 is 0 Å². The molecule has 0 saturated heterocycles. The molecule has 0 fully saturated rings. The van der Waals surface area contributed by atoms with Crippen LogP contribution in [0.5, 0.6) is 0 Å². The van der Waals surface area contributed by atoms with Gasteiger partial charge in [-0.25, -0.2) is 0 Å². The normalized spacial score (nSPS) is 10.9. The van der Waals surface area contributed by atoms with Crippen molar-refractivity contribution in [2.45, 2.75) is 0 Å². The van der Waals surface area contributed by atoms with Crippen molar-refractivity contribution < 1.29 is 4.42 Å². The summed E-state index contributed by atoms with van der Waals surface area (Å²) in [6.07, 6.45) is 0. The maximum atomic E-state index is 6.15. The molecular weight excluding hydrogens is 347 g/mol. The van der Waals surface area contributed by atoms with Gasteiger partial charge in [0.05, 0.1) is 16.3 Å². The van der Waals surface area contributed by atoms with Crippen LogP contribution in [0.4, 0.5) is 0 Å². The first kappa shape index (κ1) is 14.9. The Kier molecular flexibility index (Phi) is 3.80. The molecule has 2 aromatic heterocycles. The summed E-state index contributed by atoms with van der Waals surface area (Å²) in [4.78, 5) is 0. The smallest absolute Gasteiger partial charge is 0.266 e. The fourth-order valence-corrected chi connectivity index (χ4v) is 2.62. The van der Waals surface area contributed by atoms with Gasteiger partial charge in [-0.15, -0.1) is 10.2 Å². The van der Waals surface area contributed by atoms with Crippen LogP contribution in [0.25, 0.3) is 34.3 Å². The van der Waals surface area contributed by atoms with E-state index in [-0.39, 0.29) is 0 Å². The second-order valence-electron chi connectivity index (χ2n) is 5.07. The van der Waals surface area contributed by atoms with Crippen molar-refractivity contribution in [3.63, 3.8) is 0 Å². The summed E-state index contributed by atoms with van der Waals surface area (Å²) in [6, 6.07) is 16.6. The number of rotatable bonds is 3. The van der Waals surface area contributed by atoms with Crippen LogP contribution in [0, 0.1) is 0 Å². The van der Waals surface area contributed by atoms with E-state index in [0.29, 0.717) is 33.1 Å². The minimum Gasteiger partial charge on any atom is -0.415 e. The summed E-state index contributed by atoms with van der Waals surface area (Å²) in [7, 11) is 0. The van der Waals surface area contributed by atoms with E-state index in [2.05, 4.69) is 20.4 Å². The maximum absolute atomic E-state index is 6.15. The molecule has 0 saturated carbocycles. The van der Waals surface area contributed by atoms with Crippen LogP contribution >= 0.6 is 23.2 Å². The number of benzene rings is 2.